The summed E-state index contributed by atoms with van der Waals surface area (Å²) in [5.41, 5.74) is 10.4. The number of halogens is 2. The summed E-state index contributed by atoms with van der Waals surface area (Å²) < 4.78 is 23.4. The summed E-state index contributed by atoms with van der Waals surface area (Å²) in [6.45, 7) is -1.11. The molecule has 0 heterocycles. The van der Waals surface area contributed by atoms with Gasteiger partial charge in [-0.05, 0) is 12.8 Å². The average Bonchev–Trinajstić information content (AvgIpc) is 1.99. The molecule has 0 bridgehead atoms. The molecular weight excluding hydrogens is 138 g/mol. The van der Waals surface area contributed by atoms with Gasteiger partial charge in [0.05, 0.1) is 0 Å². The van der Waals surface area contributed by atoms with E-state index in [0.717, 1.165) is 0 Å². The van der Waals surface area contributed by atoms with Crippen molar-refractivity contribution in [3.63, 3.8) is 0 Å². The monoisotopic (exact) mass is 152 g/mol. The minimum Gasteiger partial charge on any atom is -0.325 e. The lowest BCUT2D eigenvalue weighted by atomic mass is 10.1. The zero-order chi connectivity index (χ0) is 7.98. The van der Waals surface area contributed by atoms with Crippen LogP contribution >= 0.6 is 0 Å². The average molecular weight is 152 g/mol. The van der Waals surface area contributed by atoms with Gasteiger partial charge in [-0.25, -0.2) is 8.78 Å². The predicted molar refractivity (Wildman–Crippen MR) is 37.1 cm³/mol. The molecule has 0 saturated heterocycles. The van der Waals surface area contributed by atoms with Crippen molar-refractivity contribution in [3.05, 3.63) is 0 Å². The van der Waals surface area contributed by atoms with Crippen LogP contribution in [0.2, 0.25) is 0 Å². The molecule has 62 valence electrons. The fraction of sp³-hybridized carbons (Fsp3) is 1.00. The second kappa shape index (κ2) is 5.56. The summed E-state index contributed by atoms with van der Waals surface area (Å²) in [7, 11) is 0. The third kappa shape index (κ3) is 4.64. The second-order valence-corrected chi connectivity index (χ2v) is 2.41. The molecule has 0 saturated carbocycles. The van der Waals surface area contributed by atoms with Gasteiger partial charge < -0.3 is 11.5 Å². The molecule has 10 heavy (non-hydrogen) atoms. The first-order chi connectivity index (χ1) is 4.70. The highest BCUT2D eigenvalue weighted by atomic mass is 19.1. The molecule has 2 unspecified atom stereocenters. The molecule has 2 nitrogen and oxygen atoms in total. The molecule has 0 rings (SSSR count). The fourth-order valence-electron chi connectivity index (χ4n) is 0.582. The molecule has 0 spiro atoms. The van der Waals surface area contributed by atoms with Gasteiger partial charge >= 0.3 is 0 Å². The Kier molecular flexibility index (Phi) is 5.43. The van der Waals surface area contributed by atoms with Crippen molar-refractivity contribution in [2.24, 2.45) is 11.5 Å². The van der Waals surface area contributed by atoms with E-state index in [1.54, 1.807) is 0 Å². The zero-order valence-electron chi connectivity index (χ0n) is 5.89. The number of nitrogens with two attached hydrogens (primary N) is 2. The van der Waals surface area contributed by atoms with Gasteiger partial charge in [0.2, 0.25) is 0 Å². The van der Waals surface area contributed by atoms with Crippen LogP contribution in [-0.4, -0.2) is 25.4 Å². The van der Waals surface area contributed by atoms with Gasteiger partial charge in [0.1, 0.15) is 13.3 Å². The summed E-state index contributed by atoms with van der Waals surface area (Å²) in [5.74, 6) is 0. The maximum absolute atomic E-state index is 11.7. The lowest BCUT2D eigenvalue weighted by Gasteiger charge is -2.09. The van der Waals surface area contributed by atoms with Crippen LogP contribution in [0.3, 0.4) is 0 Å². The summed E-state index contributed by atoms with van der Waals surface area (Å²) >= 11 is 0. The van der Waals surface area contributed by atoms with Gasteiger partial charge in [0.25, 0.3) is 0 Å². The molecule has 0 amide bonds. The predicted octanol–water partition coefficient (Wildman–Crippen LogP) is 0.360. The Bertz CT molecular complexity index is 70.1. The smallest absolute Gasteiger partial charge is 0.104 e. The highest BCUT2D eigenvalue weighted by Gasteiger charge is 2.05. The van der Waals surface area contributed by atoms with Crippen LogP contribution in [0, 0.1) is 0 Å². The van der Waals surface area contributed by atoms with E-state index in [2.05, 4.69) is 0 Å². The molecule has 0 radical (unpaired) electrons. The van der Waals surface area contributed by atoms with Gasteiger partial charge in [-0.1, -0.05) is 0 Å². The maximum atomic E-state index is 11.7. The quantitative estimate of drug-likeness (QED) is 0.597. The highest BCUT2D eigenvalue weighted by molar-refractivity contribution is 4.65. The molecule has 0 aromatic heterocycles. The molecule has 2 atom stereocenters. The number of rotatable bonds is 5. The third-order valence-electron chi connectivity index (χ3n) is 1.30. The molecule has 4 N–H and O–H groups in total. The van der Waals surface area contributed by atoms with E-state index in [4.69, 9.17) is 11.5 Å². The minimum atomic E-state index is -0.557. The van der Waals surface area contributed by atoms with Crippen molar-refractivity contribution < 1.29 is 8.78 Å². The van der Waals surface area contributed by atoms with Gasteiger partial charge in [-0.15, -0.1) is 0 Å². The normalized spacial score (nSPS) is 16.8. The summed E-state index contributed by atoms with van der Waals surface area (Å²) in [6.07, 6.45) is 0.920. The van der Waals surface area contributed by atoms with Crippen molar-refractivity contribution in [3.8, 4) is 0 Å². The van der Waals surface area contributed by atoms with E-state index in [-0.39, 0.29) is 0 Å². The van der Waals surface area contributed by atoms with Gasteiger partial charge in [0.15, 0.2) is 0 Å². The molecule has 0 aliphatic carbocycles. The van der Waals surface area contributed by atoms with Crippen molar-refractivity contribution in [1.82, 2.24) is 0 Å². The van der Waals surface area contributed by atoms with Crippen LogP contribution < -0.4 is 11.5 Å². The van der Waals surface area contributed by atoms with Gasteiger partial charge in [-0.2, -0.15) is 0 Å². The molecule has 0 aromatic rings. The Labute approximate surface area is 59.6 Å². The van der Waals surface area contributed by atoms with Crippen molar-refractivity contribution >= 4 is 0 Å². The Balaban J connectivity index is 3.17. The lowest BCUT2D eigenvalue weighted by molar-refractivity contribution is 0.366. The molecule has 0 aliphatic heterocycles. The van der Waals surface area contributed by atoms with E-state index < -0.39 is 25.4 Å². The molecule has 0 aromatic carbocycles. The van der Waals surface area contributed by atoms with Gasteiger partial charge in [0, 0.05) is 12.1 Å². The topological polar surface area (TPSA) is 52.0 Å². The highest BCUT2D eigenvalue weighted by Crippen LogP contribution is 1.98. The zero-order valence-corrected chi connectivity index (χ0v) is 5.89. The standard InChI is InChI=1S/C6H14F2N2/c7-3-5(9)1-2-6(10)4-8/h5-6H,1-4,9-10H2. The van der Waals surface area contributed by atoms with Crippen LogP contribution in [0.5, 0.6) is 0 Å². The second-order valence-electron chi connectivity index (χ2n) is 2.41. The lowest BCUT2D eigenvalue weighted by Crippen LogP contribution is -2.28. The van der Waals surface area contributed by atoms with Crippen LogP contribution in [0.1, 0.15) is 12.8 Å². The van der Waals surface area contributed by atoms with Crippen LogP contribution in [0.25, 0.3) is 0 Å². The van der Waals surface area contributed by atoms with Crippen LogP contribution in [0.15, 0.2) is 0 Å². The first kappa shape index (κ1) is 9.78. The van der Waals surface area contributed by atoms with E-state index in [1.165, 1.54) is 0 Å². The molecule has 4 heteroatoms. The van der Waals surface area contributed by atoms with Crippen molar-refractivity contribution in [2.75, 3.05) is 13.3 Å². The number of alkyl halides is 2. The Hall–Kier alpha value is -0.220. The largest absolute Gasteiger partial charge is 0.325 e. The number of hydrogen-bond donors (Lipinski definition) is 2. The first-order valence-corrected chi connectivity index (χ1v) is 3.33. The molecule has 0 fully saturated rings. The van der Waals surface area contributed by atoms with E-state index in [1.807, 2.05) is 0 Å². The van der Waals surface area contributed by atoms with E-state index in [9.17, 15) is 8.78 Å². The maximum Gasteiger partial charge on any atom is 0.104 e. The van der Waals surface area contributed by atoms with Crippen molar-refractivity contribution in [1.29, 1.82) is 0 Å². The summed E-state index contributed by atoms with van der Waals surface area (Å²) in [6, 6.07) is -0.949. The van der Waals surface area contributed by atoms with Gasteiger partial charge in [-0.3, -0.25) is 0 Å². The minimum absolute atomic E-state index is 0.460. The Morgan fingerprint density at radius 3 is 1.40 bits per heavy atom. The Morgan fingerprint density at radius 1 is 0.900 bits per heavy atom. The third-order valence-corrected chi connectivity index (χ3v) is 1.30. The first-order valence-electron chi connectivity index (χ1n) is 3.33. The fourth-order valence-corrected chi connectivity index (χ4v) is 0.582. The summed E-state index contributed by atoms with van der Waals surface area (Å²) in [4.78, 5) is 0. The van der Waals surface area contributed by atoms with Crippen LogP contribution in [-0.2, 0) is 0 Å². The SMILES string of the molecule is NC(CF)CCC(N)CF. The Morgan fingerprint density at radius 2 is 1.20 bits per heavy atom. The van der Waals surface area contributed by atoms with E-state index >= 15 is 0 Å². The van der Waals surface area contributed by atoms with Crippen LogP contribution in [0.4, 0.5) is 8.78 Å². The molecular formula is C6H14F2N2. The van der Waals surface area contributed by atoms with Crippen molar-refractivity contribution in [2.45, 2.75) is 24.9 Å². The molecule has 0 aliphatic rings. The van der Waals surface area contributed by atoms with E-state index in [0.29, 0.717) is 12.8 Å². The number of hydrogen-bond acceptors (Lipinski definition) is 2. The summed E-state index contributed by atoms with van der Waals surface area (Å²) in [5, 5.41) is 0.